The van der Waals surface area contributed by atoms with Gasteiger partial charge in [-0.15, -0.1) is 5.92 Å². The fourth-order valence-corrected chi connectivity index (χ4v) is 6.77. The maximum absolute atomic E-state index is 8.05. The molecule has 1 radical (unpaired) electrons. The average molecular weight is 665 g/mol. The Labute approximate surface area is 216 Å². The third kappa shape index (κ3) is 4.16. The molecule has 3 heteroatoms. The van der Waals surface area contributed by atoms with Crippen LogP contribution in [-0.4, -0.2) is 6.04 Å². The topological polar surface area (TPSA) is 23.8 Å². The summed E-state index contributed by atoms with van der Waals surface area (Å²) in [7, 11) is 0. The molecule has 0 bridgehead atoms. The third-order valence-electron chi connectivity index (χ3n) is 8.73. The number of rotatable bonds is 3. The third-order valence-corrected chi connectivity index (χ3v) is 8.73. The Hall–Kier alpha value is 1.47. The molecule has 7 atom stereocenters. The van der Waals surface area contributed by atoms with Crippen molar-refractivity contribution in [2.24, 2.45) is 34.5 Å². The molecule has 5 unspecified atom stereocenters. The summed E-state index contributed by atoms with van der Waals surface area (Å²) in [4.78, 5) is 0. The van der Waals surface area contributed by atoms with Gasteiger partial charge in [0.15, 0.2) is 0 Å². The minimum Gasteiger partial charge on any atom is -0.676 e. The molecule has 2 fully saturated rings. The van der Waals surface area contributed by atoms with Crippen LogP contribution in [0.5, 0.6) is 0 Å². The van der Waals surface area contributed by atoms with E-state index in [1.54, 1.807) is 11.1 Å². The summed E-state index contributed by atoms with van der Waals surface area (Å²) in [6.45, 7) is 9.38. The first kappa shape index (κ1) is 24.7. The maximum atomic E-state index is 8.05. The fraction of sp³-hybridized carbons (Fsp3) is 0.750. The Morgan fingerprint density at radius 1 is 1.11 bits per heavy atom. The Bertz CT molecular complexity index is 597. The first-order valence-corrected chi connectivity index (χ1v) is 10.6. The zero-order chi connectivity index (χ0) is 17.8. The summed E-state index contributed by atoms with van der Waals surface area (Å²) in [6, 6.07) is -0.00235. The summed E-state index contributed by atoms with van der Waals surface area (Å²) in [5.41, 5.74) is 12.2. The molecule has 2 saturated carbocycles. The maximum Gasteiger partial charge on any atom is 2.00 e. The van der Waals surface area contributed by atoms with Gasteiger partial charge in [-0.3, -0.25) is 0 Å². The molecule has 0 spiro atoms. The van der Waals surface area contributed by atoms with E-state index in [-0.39, 0.29) is 69.9 Å². The molecule has 0 aromatic heterocycles. The molecule has 1 N–H and O–H groups in total. The van der Waals surface area contributed by atoms with Crippen LogP contribution in [0, 0.1) is 78.5 Å². The van der Waals surface area contributed by atoms with E-state index < -0.39 is 0 Å². The quantitative estimate of drug-likeness (QED) is 0.230. The molecule has 27 heavy (non-hydrogen) atoms. The molecule has 0 aromatic rings. The number of hydrogen-bond acceptors (Lipinski definition) is 0. The SMILES string of the molecule is CC([NH-])C(C)[CH-]C1=CCC2C3CC=C4C[CH-]CC[C@]4(C)C3CC[C@]12C.[U+2].[Y]. The van der Waals surface area contributed by atoms with Gasteiger partial charge in [0, 0.05) is 32.7 Å². The van der Waals surface area contributed by atoms with E-state index in [4.69, 9.17) is 5.73 Å². The van der Waals surface area contributed by atoms with E-state index in [0.29, 0.717) is 16.7 Å². The molecule has 0 heterocycles. The summed E-state index contributed by atoms with van der Waals surface area (Å²) in [5.74, 6) is 2.96. The van der Waals surface area contributed by atoms with E-state index in [1.807, 2.05) is 6.92 Å². The second kappa shape index (κ2) is 9.31. The molecule has 4 aliphatic rings. The molecule has 0 aromatic carbocycles. The van der Waals surface area contributed by atoms with Gasteiger partial charge < -0.3 is 12.2 Å². The fourth-order valence-electron chi connectivity index (χ4n) is 6.77. The van der Waals surface area contributed by atoms with E-state index >= 15 is 0 Å². The van der Waals surface area contributed by atoms with Crippen LogP contribution in [0.25, 0.3) is 5.73 Å². The normalized spacial score (nSPS) is 42.0. The van der Waals surface area contributed by atoms with Crippen molar-refractivity contribution >= 4 is 0 Å². The van der Waals surface area contributed by atoms with Crippen LogP contribution in [0.3, 0.4) is 0 Å². The molecule has 1 nitrogen and oxygen atoms in total. The Morgan fingerprint density at radius 2 is 1.85 bits per heavy atom. The van der Waals surface area contributed by atoms with Gasteiger partial charge in [0.25, 0.3) is 0 Å². The van der Waals surface area contributed by atoms with Gasteiger partial charge >= 0.3 is 31.1 Å². The molecule has 145 valence electrons. The van der Waals surface area contributed by atoms with Crippen molar-refractivity contribution in [3.8, 4) is 0 Å². The predicted octanol–water partition coefficient (Wildman–Crippen LogP) is 6.97. The summed E-state index contributed by atoms with van der Waals surface area (Å²) >= 11 is 0. The standard InChI is InChI=1S/C24H36N.U.Y/c1-16(17(2)25)15-19-9-11-21-20-10-8-18-7-5-6-13-23(18,3)22(20)12-14-24(19,21)4;;/h5,8-9,15-17,20-22,25H,6-7,10-14H2,1-4H3;;/q-3;+2;/t16?,17?,20?,21?,22?,23-,24+;;/m0../s1. The molecule has 4 aliphatic carbocycles. The van der Waals surface area contributed by atoms with Crippen molar-refractivity contribution in [3.05, 3.63) is 41.9 Å². The first-order valence-electron chi connectivity index (χ1n) is 10.6. The van der Waals surface area contributed by atoms with Crippen molar-refractivity contribution < 1.29 is 63.8 Å². The zero-order valence-corrected chi connectivity index (χ0v) is 24.7. The summed E-state index contributed by atoms with van der Waals surface area (Å²) in [6.07, 6.45) is 19.4. The van der Waals surface area contributed by atoms with E-state index in [0.717, 1.165) is 17.8 Å². The molecule has 4 rings (SSSR count). The minimum atomic E-state index is -0.00235. The van der Waals surface area contributed by atoms with Crippen molar-refractivity contribution in [1.29, 1.82) is 0 Å². The van der Waals surface area contributed by atoms with E-state index in [9.17, 15) is 0 Å². The largest absolute Gasteiger partial charge is 2.00 e. The van der Waals surface area contributed by atoms with Gasteiger partial charge in [-0.25, -0.2) is 18.1 Å². The van der Waals surface area contributed by atoms with Crippen LogP contribution in [0.1, 0.15) is 72.6 Å². The molecule has 0 saturated heterocycles. The van der Waals surface area contributed by atoms with Crippen molar-refractivity contribution in [3.63, 3.8) is 0 Å². The van der Waals surface area contributed by atoms with Crippen LogP contribution in [0.2, 0.25) is 0 Å². The van der Waals surface area contributed by atoms with Crippen LogP contribution in [0.4, 0.5) is 0 Å². The van der Waals surface area contributed by atoms with Gasteiger partial charge in [-0.05, 0) is 47.8 Å². The smallest absolute Gasteiger partial charge is 0.676 e. The average Bonchev–Trinajstić information content (AvgIpc) is 2.91. The van der Waals surface area contributed by atoms with Crippen molar-refractivity contribution in [1.82, 2.24) is 0 Å². The minimum absolute atomic E-state index is 0. The van der Waals surface area contributed by atoms with Gasteiger partial charge in [-0.2, -0.15) is 18.9 Å². The van der Waals surface area contributed by atoms with Crippen molar-refractivity contribution in [2.75, 3.05) is 0 Å². The Balaban J connectivity index is 0.00000131. The second-order valence-corrected chi connectivity index (χ2v) is 9.96. The van der Waals surface area contributed by atoms with Gasteiger partial charge in [-0.1, -0.05) is 52.2 Å². The molecule has 0 amide bonds. The number of nitrogens with one attached hydrogen (secondary N) is 1. The molecular weight excluding hydrogens is 629 g/mol. The number of allylic oxidation sites excluding steroid dienone is 4. The molecular formula is C24H36NUY-. The van der Waals surface area contributed by atoms with Crippen LogP contribution in [0.15, 0.2) is 23.3 Å². The monoisotopic (exact) mass is 665 g/mol. The summed E-state index contributed by atoms with van der Waals surface area (Å²) < 4.78 is 0. The van der Waals surface area contributed by atoms with E-state index in [1.165, 1.54) is 44.9 Å². The number of hydrogen-bond donors (Lipinski definition) is 0. The van der Waals surface area contributed by atoms with Crippen LogP contribution in [-0.2, 0) is 32.7 Å². The number of fused-ring (bicyclic) bond motifs is 5. The predicted molar refractivity (Wildman–Crippen MR) is 107 cm³/mol. The second-order valence-electron chi connectivity index (χ2n) is 9.96. The van der Waals surface area contributed by atoms with Crippen LogP contribution < -0.4 is 0 Å². The zero-order valence-electron chi connectivity index (χ0n) is 17.7. The first-order chi connectivity index (χ1) is 11.9. The van der Waals surface area contributed by atoms with Gasteiger partial charge in [0.05, 0.1) is 0 Å². The Morgan fingerprint density at radius 3 is 2.56 bits per heavy atom. The van der Waals surface area contributed by atoms with Crippen LogP contribution >= 0.6 is 0 Å². The van der Waals surface area contributed by atoms with Gasteiger partial charge in [0.1, 0.15) is 0 Å². The van der Waals surface area contributed by atoms with E-state index in [2.05, 4.69) is 45.8 Å². The summed E-state index contributed by atoms with van der Waals surface area (Å²) in [5, 5.41) is 0. The molecule has 0 aliphatic heterocycles. The van der Waals surface area contributed by atoms with Gasteiger partial charge in [0.2, 0.25) is 0 Å². The Kier molecular flexibility index (Phi) is 8.53. The van der Waals surface area contributed by atoms with Crippen molar-refractivity contribution in [2.45, 2.75) is 78.7 Å².